The normalized spacial score (nSPS) is 13.8. The summed E-state index contributed by atoms with van der Waals surface area (Å²) in [6.45, 7) is 1.18. The third kappa shape index (κ3) is 2.57. The number of H-pyrrole nitrogens is 1. The van der Waals surface area contributed by atoms with Crippen LogP contribution in [-0.4, -0.2) is 36.6 Å². The molecule has 0 unspecified atom stereocenters. The summed E-state index contributed by atoms with van der Waals surface area (Å²) in [5, 5.41) is 7.47. The average Bonchev–Trinajstić information content (AvgIpc) is 3.52. The first kappa shape index (κ1) is 17.3. The van der Waals surface area contributed by atoms with Crippen LogP contribution in [0.3, 0.4) is 0 Å². The predicted octanol–water partition coefficient (Wildman–Crippen LogP) is 3.43. The van der Waals surface area contributed by atoms with Crippen LogP contribution in [0.15, 0.2) is 58.6 Å². The van der Waals surface area contributed by atoms with Gasteiger partial charge in [0.1, 0.15) is 10.5 Å². The third-order valence-corrected chi connectivity index (χ3v) is 6.70. The number of aromatic amines is 1. The molecule has 1 aliphatic rings. The number of aliphatic imine (C=N–C) groups is 1. The van der Waals surface area contributed by atoms with Gasteiger partial charge in [0, 0.05) is 41.7 Å². The van der Waals surface area contributed by atoms with Crippen molar-refractivity contribution in [1.82, 2.24) is 24.3 Å². The molecular weight excluding hydrogens is 396 g/mol. The van der Waals surface area contributed by atoms with E-state index in [1.165, 1.54) is 4.68 Å². The Labute approximate surface area is 175 Å². The summed E-state index contributed by atoms with van der Waals surface area (Å²) in [6, 6.07) is 8.08. The zero-order chi connectivity index (χ0) is 20.2. The largest absolute Gasteiger partial charge is 0.361 e. The molecular formula is C22H18N6OS. The summed E-state index contributed by atoms with van der Waals surface area (Å²) in [6.07, 6.45) is 8.54. The van der Waals surface area contributed by atoms with Crippen molar-refractivity contribution in [2.45, 2.75) is 13.0 Å². The molecule has 5 heterocycles. The Balaban J connectivity index is 1.44. The van der Waals surface area contributed by atoms with Gasteiger partial charge in [-0.3, -0.25) is 9.79 Å². The molecule has 0 bridgehead atoms. The van der Waals surface area contributed by atoms with Gasteiger partial charge in [0.25, 0.3) is 5.56 Å². The van der Waals surface area contributed by atoms with Gasteiger partial charge in [-0.25, -0.2) is 9.67 Å². The van der Waals surface area contributed by atoms with Crippen LogP contribution in [0.1, 0.15) is 10.6 Å². The number of allylic oxidation sites excluding steroid dienone is 1. The maximum atomic E-state index is 13.3. The van der Waals surface area contributed by atoms with Crippen LogP contribution in [0, 0.1) is 0 Å². The molecule has 0 radical (unpaired) electrons. The Morgan fingerprint density at radius 3 is 3.03 bits per heavy atom. The van der Waals surface area contributed by atoms with E-state index in [0.717, 1.165) is 55.9 Å². The second-order valence-electron chi connectivity index (χ2n) is 7.46. The van der Waals surface area contributed by atoms with Crippen LogP contribution in [0.25, 0.3) is 32.2 Å². The number of benzene rings is 1. The number of aryl methyl sites for hydroxylation is 1. The number of nitrogens with one attached hydrogen (secondary N) is 1. The lowest BCUT2D eigenvalue weighted by Gasteiger charge is -2.07. The number of hydrogen-bond acceptors (Lipinski definition) is 5. The van der Waals surface area contributed by atoms with E-state index < -0.39 is 0 Å². The molecule has 6 rings (SSSR count). The third-order valence-electron chi connectivity index (χ3n) is 5.62. The number of aromatic nitrogens is 5. The second kappa shape index (κ2) is 6.50. The fourth-order valence-electron chi connectivity index (χ4n) is 4.15. The van der Waals surface area contributed by atoms with Crippen molar-refractivity contribution in [1.29, 1.82) is 0 Å². The molecule has 7 nitrogen and oxygen atoms in total. The van der Waals surface area contributed by atoms with E-state index in [9.17, 15) is 4.79 Å². The Morgan fingerprint density at radius 2 is 2.17 bits per heavy atom. The van der Waals surface area contributed by atoms with Crippen LogP contribution >= 0.6 is 11.3 Å². The number of thiazole rings is 1. The Bertz CT molecular complexity index is 1560. The Kier molecular flexibility index (Phi) is 3.76. The van der Waals surface area contributed by atoms with Crippen molar-refractivity contribution in [3.63, 3.8) is 0 Å². The summed E-state index contributed by atoms with van der Waals surface area (Å²) in [4.78, 5) is 25.7. The minimum absolute atomic E-state index is 0.0996. The highest BCUT2D eigenvalue weighted by atomic mass is 32.1. The van der Waals surface area contributed by atoms with Crippen molar-refractivity contribution >= 4 is 49.2 Å². The van der Waals surface area contributed by atoms with Gasteiger partial charge < -0.3 is 9.55 Å². The summed E-state index contributed by atoms with van der Waals surface area (Å²) in [5.41, 5.74) is 4.54. The van der Waals surface area contributed by atoms with Crippen LogP contribution in [0.2, 0.25) is 0 Å². The highest BCUT2D eigenvalue weighted by Crippen LogP contribution is 2.31. The minimum Gasteiger partial charge on any atom is -0.361 e. The van der Waals surface area contributed by atoms with Gasteiger partial charge in [0.15, 0.2) is 5.65 Å². The van der Waals surface area contributed by atoms with E-state index in [1.54, 1.807) is 17.5 Å². The van der Waals surface area contributed by atoms with E-state index in [1.807, 2.05) is 42.1 Å². The molecule has 4 aromatic heterocycles. The van der Waals surface area contributed by atoms with Crippen molar-refractivity contribution in [3.8, 4) is 0 Å². The predicted molar refractivity (Wildman–Crippen MR) is 121 cm³/mol. The van der Waals surface area contributed by atoms with E-state index in [0.29, 0.717) is 12.1 Å². The average molecular weight is 414 g/mol. The van der Waals surface area contributed by atoms with Crippen LogP contribution in [0.5, 0.6) is 0 Å². The quantitative estimate of drug-likeness (QED) is 0.489. The molecule has 8 heteroatoms. The lowest BCUT2D eigenvalue weighted by molar-refractivity contribution is 0.647. The van der Waals surface area contributed by atoms with Gasteiger partial charge >= 0.3 is 0 Å². The second-order valence-corrected chi connectivity index (χ2v) is 8.54. The van der Waals surface area contributed by atoms with Gasteiger partial charge in [0.2, 0.25) is 0 Å². The van der Waals surface area contributed by atoms with Crippen molar-refractivity contribution in [2.75, 3.05) is 6.54 Å². The van der Waals surface area contributed by atoms with Crippen molar-refractivity contribution in [3.05, 3.63) is 69.7 Å². The molecule has 0 fully saturated rings. The highest BCUT2D eigenvalue weighted by Gasteiger charge is 2.19. The summed E-state index contributed by atoms with van der Waals surface area (Å²) < 4.78 is 4.44. The number of hydrogen-bond donors (Lipinski definition) is 1. The van der Waals surface area contributed by atoms with Crippen molar-refractivity contribution < 1.29 is 0 Å². The molecule has 1 aromatic carbocycles. The summed E-state index contributed by atoms with van der Waals surface area (Å²) in [5.74, 6) is 0. The zero-order valence-corrected chi connectivity index (χ0v) is 17.1. The molecule has 5 aromatic rings. The minimum atomic E-state index is -0.0996. The van der Waals surface area contributed by atoms with E-state index >= 15 is 0 Å². The van der Waals surface area contributed by atoms with Crippen LogP contribution in [0.4, 0.5) is 0 Å². The van der Waals surface area contributed by atoms with E-state index in [-0.39, 0.29) is 5.56 Å². The summed E-state index contributed by atoms with van der Waals surface area (Å²) >= 11 is 1.62. The van der Waals surface area contributed by atoms with Gasteiger partial charge in [-0.1, -0.05) is 18.2 Å². The molecule has 0 atom stereocenters. The highest BCUT2D eigenvalue weighted by molar-refractivity contribution is 7.19. The topological polar surface area (TPSA) is 80.9 Å². The van der Waals surface area contributed by atoms with Crippen molar-refractivity contribution in [2.24, 2.45) is 12.0 Å². The van der Waals surface area contributed by atoms with E-state index in [4.69, 9.17) is 4.98 Å². The molecule has 0 saturated carbocycles. The summed E-state index contributed by atoms with van der Waals surface area (Å²) in [7, 11) is 1.90. The van der Waals surface area contributed by atoms with E-state index in [2.05, 4.69) is 27.2 Å². The first-order valence-electron chi connectivity index (χ1n) is 9.78. The fraction of sp³-hybridized carbons (Fsp3) is 0.182. The fourth-order valence-corrected chi connectivity index (χ4v) is 5.27. The lowest BCUT2D eigenvalue weighted by Crippen LogP contribution is -2.24. The molecule has 1 aliphatic heterocycles. The smallest absolute Gasteiger partial charge is 0.291 e. The maximum absolute atomic E-state index is 13.3. The number of fused-ring (bicyclic) bond motifs is 4. The van der Waals surface area contributed by atoms with Gasteiger partial charge in [-0.05, 0) is 23.8 Å². The number of nitrogens with zero attached hydrogens (tertiary/aromatic N) is 5. The zero-order valence-electron chi connectivity index (χ0n) is 16.3. The van der Waals surface area contributed by atoms with Crippen LogP contribution in [-0.2, 0) is 20.0 Å². The van der Waals surface area contributed by atoms with Gasteiger partial charge in [-0.15, -0.1) is 11.3 Å². The lowest BCUT2D eigenvalue weighted by atomic mass is 10.1. The first-order chi connectivity index (χ1) is 14.7. The molecule has 0 aliphatic carbocycles. The monoisotopic (exact) mass is 414 g/mol. The maximum Gasteiger partial charge on any atom is 0.291 e. The molecule has 0 saturated heterocycles. The molecule has 0 amide bonds. The molecule has 148 valence electrons. The standard InChI is InChI=1S/C22H18N6OS/c1-27-19-16(20-21(27)26-18(30-20)10-14-5-3-8-23-14)11-25-28(22(19)29)12-13-4-2-6-17-15(13)7-9-24-17/h2-7,9,11,24H,8,10,12H2,1H3. The molecule has 1 N–H and O–H groups in total. The molecule has 0 spiro atoms. The van der Waals surface area contributed by atoms with Gasteiger partial charge in [-0.2, -0.15) is 5.10 Å². The number of rotatable bonds is 4. The SMILES string of the molecule is Cn1c2nc(CC3=NCC=C3)sc2c2cnn(Cc3cccc4[nH]ccc34)c(=O)c21. The molecule has 30 heavy (non-hydrogen) atoms. The van der Waals surface area contributed by atoms with Crippen LogP contribution < -0.4 is 5.56 Å². The Hall–Kier alpha value is -3.52. The van der Waals surface area contributed by atoms with Gasteiger partial charge in [0.05, 0.1) is 24.0 Å². The Morgan fingerprint density at radius 1 is 1.23 bits per heavy atom. The first-order valence-corrected chi connectivity index (χ1v) is 10.6.